The quantitative estimate of drug-likeness (QED) is 0.557. The zero-order chi connectivity index (χ0) is 19.1. The van der Waals surface area contributed by atoms with E-state index in [1.807, 2.05) is 25.1 Å². The number of thiocarbonyl (C=S) groups is 1. The maximum atomic E-state index is 13.0. The summed E-state index contributed by atoms with van der Waals surface area (Å²) in [5, 5.41) is 9.75. The minimum atomic E-state index is -0.284. The molecule has 0 spiro atoms. The van der Waals surface area contributed by atoms with E-state index < -0.39 is 0 Å². The fourth-order valence-electron chi connectivity index (χ4n) is 2.48. The van der Waals surface area contributed by atoms with Gasteiger partial charge in [0.1, 0.15) is 11.6 Å². The highest BCUT2D eigenvalue weighted by Gasteiger charge is 2.05. The highest BCUT2D eigenvalue weighted by atomic mass is 32.1. The van der Waals surface area contributed by atoms with E-state index in [0.717, 1.165) is 17.8 Å². The molecule has 7 heteroatoms. The van der Waals surface area contributed by atoms with Crippen LogP contribution in [0.25, 0.3) is 0 Å². The maximum absolute atomic E-state index is 13.0. The molecular weight excluding hydrogens is 361 g/mol. The first kappa shape index (κ1) is 18.7. The second-order valence-corrected chi connectivity index (χ2v) is 6.37. The van der Waals surface area contributed by atoms with Gasteiger partial charge in [-0.15, -0.1) is 0 Å². The summed E-state index contributed by atoms with van der Waals surface area (Å²) >= 11 is 5.32. The van der Waals surface area contributed by atoms with Gasteiger partial charge in [0.15, 0.2) is 5.11 Å². The van der Waals surface area contributed by atoms with Crippen molar-refractivity contribution in [2.24, 2.45) is 0 Å². The van der Waals surface area contributed by atoms with Crippen LogP contribution in [0.15, 0.2) is 60.7 Å². The average molecular weight is 381 g/mol. The molecule has 27 heavy (non-hydrogen) atoms. The molecule has 5 nitrogen and oxygen atoms in total. The first-order valence-corrected chi connectivity index (χ1v) is 8.96. The van der Waals surface area contributed by atoms with E-state index in [9.17, 15) is 4.39 Å². The highest BCUT2D eigenvalue weighted by molar-refractivity contribution is 7.80. The van der Waals surface area contributed by atoms with E-state index in [2.05, 4.69) is 38.1 Å². The first-order chi connectivity index (χ1) is 13.1. The minimum absolute atomic E-state index is 0.284. The number of hydrogen-bond donors (Lipinski definition) is 3. The molecule has 0 fully saturated rings. The van der Waals surface area contributed by atoms with Gasteiger partial charge in [0.05, 0.1) is 0 Å². The highest BCUT2D eigenvalue weighted by Crippen LogP contribution is 2.17. The van der Waals surface area contributed by atoms with Gasteiger partial charge in [-0.3, -0.25) is 0 Å². The molecule has 3 rings (SSSR count). The third-order valence-electron chi connectivity index (χ3n) is 3.74. The van der Waals surface area contributed by atoms with Gasteiger partial charge in [-0.25, -0.2) is 9.37 Å². The van der Waals surface area contributed by atoms with Crippen LogP contribution in [0.3, 0.4) is 0 Å². The van der Waals surface area contributed by atoms with Crippen molar-refractivity contribution in [2.45, 2.75) is 13.3 Å². The first-order valence-electron chi connectivity index (χ1n) is 8.55. The Hall–Kier alpha value is -3.06. The zero-order valence-electron chi connectivity index (χ0n) is 14.9. The molecule has 0 saturated heterocycles. The van der Waals surface area contributed by atoms with Gasteiger partial charge >= 0.3 is 0 Å². The Bertz CT molecular complexity index is 900. The molecular formula is C20H20FN5S. The van der Waals surface area contributed by atoms with Crippen molar-refractivity contribution in [3.05, 3.63) is 77.7 Å². The molecule has 0 atom stereocenters. The second kappa shape index (κ2) is 9.05. The summed E-state index contributed by atoms with van der Waals surface area (Å²) in [6.45, 7) is 2.58. The van der Waals surface area contributed by atoms with Crippen LogP contribution in [0.4, 0.5) is 21.8 Å². The number of halogens is 1. The Morgan fingerprint density at radius 1 is 1.04 bits per heavy atom. The van der Waals surface area contributed by atoms with E-state index in [-0.39, 0.29) is 5.82 Å². The van der Waals surface area contributed by atoms with Crippen LogP contribution in [-0.4, -0.2) is 21.6 Å². The fraction of sp³-hybridized carbons (Fsp3) is 0.150. The number of hydrogen-bond acceptors (Lipinski definition) is 4. The summed E-state index contributed by atoms with van der Waals surface area (Å²) in [4.78, 5) is 8.75. The molecule has 138 valence electrons. The number of nitrogens with zero attached hydrogens (tertiary/aromatic N) is 2. The maximum Gasteiger partial charge on any atom is 0.231 e. The van der Waals surface area contributed by atoms with Gasteiger partial charge in [-0.1, -0.05) is 30.3 Å². The molecule has 1 heterocycles. The van der Waals surface area contributed by atoms with Crippen molar-refractivity contribution in [2.75, 3.05) is 17.2 Å². The summed E-state index contributed by atoms with van der Waals surface area (Å²) in [6, 6.07) is 18.1. The molecule has 0 unspecified atom stereocenters. The number of aromatic nitrogens is 2. The fourth-order valence-corrected chi connectivity index (χ4v) is 2.67. The van der Waals surface area contributed by atoms with Crippen LogP contribution in [0.5, 0.6) is 0 Å². The summed E-state index contributed by atoms with van der Waals surface area (Å²) in [6.07, 6.45) is 0.870. The van der Waals surface area contributed by atoms with Crippen LogP contribution in [-0.2, 0) is 6.42 Å². The van der Waals surface area contributed by atoms with Crippen molar-refractivity contribution in [1.29, 1.82) is 0 Å². The predicted molar refractivity (Wildman–Crippen MR) is 111 cm³/mol. The van der Waals surface area contributed by atoms with Gasteiger partial charge in [0.2, 0.25) is 5.95 Å². The molecule has 0 aliphatic carbocycles. The van der Waals surface area contributed by atoms with E-state index in [0.29, 0.717) is 23.4 Å². The molecule has 1 aromatic heterocycles. The minimum Gasteiger partial charge on any atom is -0.362 e. The second-order valence-electron chi connectivity index (χ2n) is 5.97. The summed E-state index contributed by atoms with van der Waals surface area (Å²) in [5.74, 6) is 0.717. The molecule has 0 amide bonds. The molecule has 0 saturated carbocycles. The standard InChI is InChI=1S/C20H20FN5S/c1-14-13-18(24-17-9-7-16(21)8-10-17)25-19(23-14)26-20(27)22-12-11-15-5-3-2-4-6-15/h2-10,13H,11-12H2,1H3,(H3,22,23,24,25,26,27). The number of rotatable bonds is 6. The molecule has 2 aromatic carbocycles. The van der Waals surface area contributed by atoms with E-state index in [1.165, 1.54) is 17.7 Å². The van der Waals surface area contributed by atoms with Crippen molar-refractivity contribution in [3.8, 4) is 0 Å². The molecule has 3 N–H and O–H groups in total. The molecule has 0 aliphatic rings. The van der Waals surface area contributed by atoms with Crippen LogP contribution in [0.1, 0.15) is 11.3 Å². The van der Waals surface area contributed by atoms with Crippen LogP contribution < -0.4 is 16.0 Å². The number of aryl methyl sites for hydroxylation is 1. The lowest BCUT2D eigenvalue weighted by molar-refractivity contribution is 0.628. The van der Waals surface area contributed by atoms with Crippen molar-refractivity contribution in [1.82, 2.24) is 15.3 Å². The lowest BCUT2D eigenvalue weighted by Crippen LogP contribution is -2.31. The smallest absolute Gasteiger partial charge is 0.231 e. The van der Waals surface area contributed by atoms with E-state index >= 15 is 0 Å². The third kappa shape index (κ3) is 6.00. The normalized spacial score (nSPS) is 10.3. The predicted octanol–water partition coefficient (Wildman–Crippen LogP) is 4.20. The van der Waals surface area contributed by atoms with Crippen molar-refractivity contribution < 1.29 is 4.39 Å². The molecule has 3 aromatic rings. The zero-order valence-corrected chi connectivity index (χ0v) is 15.7. The Labute approximate surface area is 163 Å². The van der Waals surface area contributed by atoms with Crippen LogP contribution in [0.2, 0.25) is 0 Å². The van der Waals surface area contributed by atoms with Crippen molar-refractivity contribution in [3.63, 3.8) is 0 Å². The molecule has 0 radical (unpaired) electrons. The third-order valence-corrected chi connectivity index (χ3v) is 3.98. The lowest BCUT2D eigenvalue weighted by Gasteiger charge is -2.12. The van der Waals surface area contributed by atoms with Crippen LogP contribution >= 0.6 is 12.2 Å². The van der Waals surface area contributed by atoms with Gasteiger partial charge < -0.3 is 16.0 Å². The summed E-state index contributed by atoms with van der Waals surface area (Å²) in [7, 11) is 0. The van der Waals surface area contributed by atoms with Gasteiger partial charge in [-0.05, 0) is 55.4 Å². The Morgan fingerprint density at radius 3 is 2.52 bits per heavy atom. The van der Waals surface area contributed by atoms with Crippen molar-refractivity contribution >= 4 is 34.8 Å². The Morgan fingerprint density at radius 2 is 1.78 bits per heavy atom. The number of benzene rings is 2. The summed E-state index contributed by atoms with van der Waals surface area (Å²) < 4.78 is 13.0. The van der Waals surface area contributed by atoms with E-state index in [1.54, 1.807) is 18.2 Å². The van der Waals surface area contributed by atoms with Gasteiger partial charge in [-0.2, -0.15) is 4.98 Å². The Kier molecular flexibility index (Phi) is 6.27. The molecule has 0 aliphatic heterocycles. The van der Waals surface area contributed by atoms with Gasteiger partial charge in [0, 0.05) is 24.0 Å². The van der Waals surface area contributed by atoms with E-state index in [4.69, 9.17) is 12.2 Å². The monoisotopic (exact) mass is 381 g/mol. The lowest BCUT2D eigenvalue weighted by atomic mass is 10.1. The molecule has 0 bridgehead atoms. The SMILES string of the molecule is Cc1cc(Nc2ccc(F)cc2)nc(NC(=S)NCCc2ccccc2)n1. The average Bonchev–Trinajstić information content (AvgIpc) is 2.64. The van der Waals surface area contributed by atoms with Gasteiger partial charge in [0.25, 0.3) is 0 Å². The number of anilines is 3. The Balaban J connectivity index is 1.56. The van der Waals surface area contributed by atoms with Crippen LogP contribution in [0, 0.1) is 12.7 Å². The summed E-state index contributed by atoms with van der Waals surface area (Å²) in [5.41, 5.74) is 2.76. The topological polar surface area (TPSA) is 61.9 Å². The number of nitrogens with one attached hydrogen (secondary N) is 3. The largest absolute Gasteiger partial charge is 0.362 e.